The topological polar surface area (TPSA) is 93.2 Å². The van der Waals surface area contributed by atoms with Gasteiger partial charge in [-0.1, -0.05) is 40.2 Å². The largest absolute Gasteiger partial charge is 0.496 e. The van der Waals surface area contributed by atoms with Crippen LogP contribution >= 0.6 is 15.9 Å². The molecule has 1 atom stereocenters. The molecule has 156 valence electrons. The van der Waals surface area contributed by atoms with Crippen LogP contribution in [0, 0.1) is 0 Å². The van der Waals surface area contributed by atoms with Crippen molar-refractivity contribution in [1.29, 1.82) is 0 Å². The Labute approximate surface area is 185 Å². The van der Waals surface area contributed by atoms with E-state index in [1.807, 2.05) is 37.3 Å². The lowest BCUT2D eigenvalue weighted by Crippen LogP contribution is -2.38. The fourth-order valence-electron chi connectivity index (χ4n) is 4.51. The third-order valence-electron chi connectivity index (χ3n) is 5.83. The summed E-state index contributed by atoms with van der Waals surface area (Å²) >= 11 is 3.49. The van der Waals surface area contributed by atoms with E-state index in [0.29, 0.717) is 46.1 Å². The number of hydrogen-bond acceptors (Lipinski definition) is 5. The van der Waals surface area contributed by atoms with Gasteiger partial charge in [-0.2, -0.15) is 0 Å². The van der Waals surface area contributed by atoms with Crippen molar-refractivity contribution < 1.29 is 9.53 Å². The Morgan fingerprint density at radius 3 is 2.55 bits per heavy atom. The molecule has 0 radical (unpaired) electrons. The van der Waals surface area contributed by atoms with E-state index in [0.717, 1.165) is 10.0 Å². The zero-order chi connectivity index (χ0) is 21.9. The first kappa shape index (κ1) is 19.6. The maximum Gasteiger partial charge on any atom is 0.329 e. The van der Waals surface area contributed by atoms with Crippen LogP contribution in [0.15, 0.2) is 62.1 Å². The number of carbonyl (C=O) groups excluding carboxylic acids is 1. The van der Waals surface area contributed by atoms with Gasteiger partial charge in [0.15, 0.2) is 5.78 Å². The van der Waals surface area contributed by atoms with E-state index in [1.54, 1.807) is 19.2 Å². The molecule has 2 heterocycles. The van der Waals surface area contributed by atoms with Crippen LogP contribution < -0.4 is 21.3 Å². The molecule has 0 saturated heterocycles. The minimum absolute atomic E-state index is 0.149. The SMILES string of the molecule is CCn1c2c(c(=O)[nH]c1=O)[C@H](c1cc(Br)ccc1OC)C1=C(N2)c2ccccc2C1=O. The van der Waals surface area contributed by atoms with E-state index in [2.05, 4.69) is 26.2 Å². The predicted molar refractivity (Wildman–Crippen MR) is 121 cm³/mol. The first-order chi connectivity index (χ1) is 15.0. The molecular formula is C23H18BrN3O4. The number of nitrogens with one attached hydrogen (secondary N) is 2. The molecule has 0 spiro atoms. The lowest BCUT2D eigenvalue weighted by molar-refractivity contribution is 0.103. The van der Waals surface area contributed by atoms with Crippen LogP contribution in [-0.2, 0) is 6.54 Å². The number of nitrogens with zero attached hydrogens (tertiary/aromatic N) is 1. The Morgan fingerprint density at radius 1 is 1.10 bits per heavy atom. The summed E-state index contributed by atoms with van der Waals surface area (Å²) in [6.07, 6.45) is 0. The minimum atomic E-state index is -0.708. The lowest BCUT2D eigenvalue weighted by atomic mass is 9.81. The third kappa shape index (κ3) is 2.75. The van der Waals surface area contributed by atoms with Crippen LogP contribution in [-0.4, -0.2) is 22.4 Å². The van der Waals surface area contributed by atoms with E-state index >= 15 is 0 Å². The van der Waals surface area contributed by atoms with Gasteiger partial charge in [0, 0.05) is 33.3 Å². The number of aromatic nitrogens is 2. The van der Waals surface area contributed by atoms with Gasteiger partial charge in [-0.3, -0.25) is 19.1 Å². The number of Topliss-reactive ketones (excluding diaryl/α,β-unsaturated/α-hetero) is 1. The molecule has 1 aliphatic heterocycles. The number of carbonyl (C=O) groups is 1. The summed E-state index contributed by atoms with van der Waals surface area (Å²) in [6, 6.07) is 12.8. The highest BCUT2D eigenvalue weighted by Gasteiger charge is 2.43. The Bertz CT molecular complexity index is 1420. The van der Waals surface area contributed by atoms with Gasteiger partial charge in [-0.15, -0.1) is 0 Å². The zero-order valence-electron chi connectivity index (χ0n) is 16.8. The van der Waals surface area contributed by atoms with Crippen LogP contribution in [0.3, 0.4) is 0 Å². The maximum absolute atomic E-state index is 13.5. The predicted octanol–water partition coefficient (Wildman–Crippen LogP) is 3.49. The molecule has 2 N–H and O–H groups in total. The quantitative estimate of drug-likeness (QED) is 0.599. The molecule has 0 saturated carbocycles. The van der Waals surface area contributed by atoms with Gasteiger partial charge in [-0.25, -0.2) is 4.79 Å². The number of ether oxygens (including phenoxy) is 1. The number of methoxy groups -OCH3 is 1. The van der Waals surface area contributed by atoms with Crippen molar-refractivity contribution in [2.24, 2.45) is 0 Å². The van der Waals surface area contributed by atoms with Gasteiger partial charge in [0.25, 0.3) is 5.56 Å². The number of aromatic amines is 1. The van der Waals surface area contributed by atoms with Crippen LogP contribution in [0.25, 0.3) is 5.70 Å². The van der Waals surface area contributed by atoms with Crippen molar-refractivity contribution in [3.05, 3.63) is 95.6 Å². The number of H-pyrrole nitrogens is 1. The fraction of sp³-hybridized carbons (Fsp3) is 0.174. The molecule has 1 aromatic heterocycles. The van der Waals surface area contributed by atoms with Gasteiger partial charge < -0.3 is 10.1 Å². The summed E-state index contributed by atoms with van der Waals surface area (Å²) < 4.78 is 7.86. The monoisotopic (exact) mass is 479 g/mol. The van der Waals surface area contributed by atoms with Gasteiger partial charge in [0.05, 0.1) is 24.3 Å². The minimum Gasteiger partial charge on any atom is -0.496 e. The first-order valence-corrected chi connectivity index (χ1v) is 10.6. The van der Waals surface area contributed by atoms with Crippen molar-refractivity contribution in [3.8, 4) is 5.75 Å². The average Bonchev–Trinajstić information content (AvgIpc) is 3.05. The first-order valence-electron chi connectivity index (χ1n) is 9.82. The number of rotatable bonds is 3. The molecule has 5 rings (SSSR count). The molecule has 0 amide bonds. The van der Waals surface area contributed by atoms with Crippen LogP contribution in [0.4, 0.5) is 5.82 Å². The van der Waals surface area contributed by atoms with Gasteiger partial charge >= 0.3 is 5.69 Å². The third-order valence-corrected chi connectivity index (χ3v) is 6.32. The van der Waals surface area contributed by atoms with Crippen molar-refractivity contribution in [2.75, 3.05) is 12.4 Å². The number of benzene rings is 2. The maximum atomic E-state index is 13.5. The molecule has 8 heteroatoms. The smallest absolute Gasteiger partial charge is 0.329 e. The highest BCUT2D eigenvalue weighted by molar-refractivity contribution is 9.10. The second kappa shape index (κ2) is 7.09. The second-order valence-corrected chi connectivity index (χ2v) is 8.29. The van der Waals surface area contributed by atoms with E-state index in [1.165, 1.54) is 4.57 Å². The number of halogens is 1. The number of ketones is 1. The summed E-state index contributed by atoms with van der Waals surface area (Å²) in [5, 5.41) is 3.25. The van der Waals surface area contributed by atoms with Crippen molar-refractivity contribution in [3.63, 3.8) is 0 Å². The Balaban J connectivity index is 1.91. The fourth-order valence-corrected chi connectivity index (χ4v) is 4.89. The number of anilines is 1. The van der Waals surface area contributed by atoms with E-state index < -0.39 is 17.2 Å². The standard InChI is InChI=1S/C23H18BrN3O4/c1-3-27-21-18(22(29)26-23(27)30)16(14-10-11(24)8-9-15(14)31-2)17-19(25-21)12-6-4-5-7-13(12)20(17)28/h4-10,16,25H,3H2,1-2H3,(H,26,29,30)/t16-/m1/s1. The Hall–Kier alpha value is -3.39. The molecule has 7 nitrogen and oxygen atoms in total. The van der Waals surface area contributed by atoms with Crippen molar-refractivity contribution >= 4 is 33.2 Å². The van der Waals surface area contributed by atoms with E-state index in [4.69, 9.17) is 4.74 Å². The van der Waals surface area contributed by atoms with E-state index in [-0.39, 0.29) is 5.78 Å². The van der Waals surface area contributed by atoms with Gasteiger partial charge in [0.1, 0.15) is 11.6 Å². The average molecular weight is 480 g/mol. The summed E-state index contributed by atoms with van der Waals surface area (Å²) in [5.41, 5.74) is 2.36. The molecule has 0 bridgehead atoms. The lowest BCUT2D eigenvalue weighted by Gasteiger charge is -2.30. The molecule has 0 unspecified atom stereocenters. The molecule has 1 aliphatic carbocycles. The summed E-state index contributed by atoms with van der Waals surface area (Å²) in [4.78, 5) is 41.5. The summed E-state index contributed by atoms with van der Waals surface area (Å²) in [7, 11) is 1.55. The number of allylic oxidation sites excluding steroid dienone is 1. The Kier molecular flexibility index (Phi) is 4.48. The zero-order valence-corrected chi connectivity index (χ0v) is 18.4. The van der Waals surface area contributed by atoms with Crippen LogP contribution in [0.2, 0.25) is 0 Å². The van der Waals surface area contributed by atoms with Gasteiger partial charge in [0.2, 0.25) is 0 Å². The van der Waals surface area contributed by atoms with Crippen LogP contribution in [0.5, 0.6) is 5.75 Å². The Morgan fingerprint density at radius 2 is 1.84 bits per heavy atom. The molecule has 2 aromatic carbocycles. The number of hydrogen-bond donors (Lipinski definition) is 2. The molecule has 31 heavy (non-hydrogen) atoms. The van der Waals surface area contributed by atoms with Crippen molar-refractivity contribution in [2.45, 2.75) is 19.4 Å². The highest BCUT2D eigenvalue weighted by atomic mass is 79.9. The van der Waals surface area contributed by atoms with E-state index in [9.17, 15) is 14.4 Å². The molecule has 0 fully saturated rings. The summed E-state index contributed by atoms with van der Waals surface area (Å²) in [5.74, 6) is 0.0852. The van der Waals surface area contributed by atoms with Crippen molar-refractivity contribution in [1.82, 2.24) is 9.55 Å². The second-order valence-electron chi connectivity index (χ2n) is 7.37. The normalized spacial score (nSPS) is 16.5. The molecular weight excluding hydrogens is 462 g/mol. The summed E-state index contributed by atoms with van der Waals surface area (Å²) in [6.45, 7) is 2.18. The van der Waals surface area contributed by atoms with Gasteiger partial charge in [-0.05, 0) is 25.1 Å². The molecule has 3 aromatic rings. The van der Waals surface area contributed by atoms with Crippen LogP contribution in [0.1, 0.15) is 39.9 Å². The number of fused-ring (bicyclic) bond motifs is 3. The molecule has 2 aliphatic rings. The highest BCUT2D eigenvalue weighted by Crippen LogP contribution is 2.49.